The van der Waals surface area contributed by atoms with Crippen molar-refractivity contribution in [3.63, 3.8) is 0 Å². The van der Waals surface area contributed by atoms with Crippen molar-refractivity contribution in [3.8, 4) is 5.75 Å². The molecule has 0 atom stereocenters. The van der Waals surface area contributed by atoms with Gasteiger partial charge in [-0.25, -0.2) is 9.97 Å². The quantitative estimate of drug-likeness (QED) is 0.260. The molecule has 174 valence electrons. The molecule has 0 aliphatic carbocycles. The second-order valence-electron chi connectivity index (χ2n) is 7.28. The average Bonchev–Trinajstić information content (AvgIpc) is 3.47. The maximum atomic E-state index is 13.4. The van der Waals surface area contributed by atoms with Crippen molar-refractivity contribution < 1.29 is 9.53 Å². The first-order valence-corrected chi connectivity index (χ1v) is 12.4. The number of ether oxygens (including phenoxy) is 1. The molecular formula is C24H27ClN4O2S2. The number of fused-ring (bicyclic) bond motifs is 1. The number of rotatable bonds is 10. The van der Waals surface area contributed by atoms with Gasteiger partial charge in [0.15, 0.2) is 5.13 Å². The van der Waals surface area contributed by atoms with Gasteiger partial charge in [0.25, 0.3) is 0 Å². The first kappa shape index (κ1) is 25.1. The van der Waals surface area contributed by atoms with E-state index in [1.54, 1.807) is 31.4 Å². The molecule has 0 aliphatic heterocycles. The summed E-state index contributed by atoms with van der Waals surface area (Å²) in [5.74, 6) is 1.87. The highest BCUT2D eigenvalue weighted by Gasteiger charge is 2.20. The lowest BCUT2D eigenvalue weighted by molar-refractivity contribution is -0.118. The summed E-state index contributed by atoms with van der Waals surface area (Å²) < 4.78 is 8.37. The Labute approximate surface area is 208 Å². The number of amides is 1. The van der Waals surface area contributed by atoms with Gasteiger partial charge in [-0.2, -0.15) is 0 Å². The number of aryl methyl sites for hydroxylation is 1. The molecule has 4 rings (SSSR count). The number of carbonyl (C=O) groups excluding carboxylic acids is 1. The third-order valence-electron chi connectivity index (χ3n) is 5.06. The summed E-state index contributed by atoms with van der Waals surface area (Å²) in [4.78, 5) is 25.2. The normalized spacial score (nSPS) is 10.7. The van der Waals surface area contributed by atoms with Crippen molar-refractivity contribution in [1.29, 1.82) is 0 Å². The standard InChI is InChI=1S/C24H26N4O2S2.ClH/c1-3-31-20-8-5-18(6-9-20)15-23(29)28(13-4-12-27-14-11-25-17-27)24-26-21-10-7-19(30-2)16-22(21)32-24;/h5-11,14,16-17H,3-4,12-13,15H2,1-2H3;1H. The lowest BCUT2D eigenvalue weighted by atomic mass is 10.1. The topological polar surface area (TPSA) is 60.2 Å². The summed E-state index contributed by atoms with van der Waals surface area (Å²) in [6.07, 6.45) is 6.66. The SMILES string of the molecule is CCSc1ccc(CC(=O)N(CCCn2ccnc2)c2nc3ccc(OC)cc3s2)cc1.Cl. The van der Waals surface area contributed by atoms with Gasteiger partial charge >= 0.3 is 0 Å². The van der Waals surface area contributed by atoms with Crippen LogP contribution in [0.15, 0.2) is 66.1 Å². The largest absolute Gasteiger partial charge is 0.497 e. The Balaban J connectivity index is 0.00000306. The van der Waals surface area contributed by atoms with E-state index >= 15 is 0 Å². The zero-order chi connectivity index (χ0) is 22.3. The van der Waals surface area contributed by atoms with E-state index in [4.69, 9.17) is 9.72 Å². The molecular weight excluding hydrogens is 476 g/mol. The highest BCUT2D eigenvalue weighted by molar-refractivity contribution is 7.99. The van der Waals surface area contributed by atoms with Gasteiger partial charge in [0.05, 0.1) is 30.1 Å². The van der Waals surface area contributed by atoms with E-state index < -0.39 is 0 Å². The second kappa shape index (κ2) is 12.1. The molecule has 2 aromatic heterocycles. The number of methoxy groups -OCH3 is 1. The Morgan fingerprint density at radius 1 is 1.21 bits per heavy atom. The van der Waals surface area contributed by atoms with Crippen LogP contribution in [-0.4, -0.2) is 39.8 Å². The van der Waals surface area contributed by atoms with Crippen molar-refractivity contribution in [2.45, 2.75) is 31.2 Å². The zero-order valence-corrected chi connectivity index (χ0v) is 21.1. The van der Waals surface area contributed by atoms with Crippen LogP contribution in [0.4, 0.5) is 5.13 Å². The first-order valence-electron chi connectivity index (χ1n) is 10.6. The fourth-order valence-corrected chi connectivity index (χ4v) is 5.13. The van der Waals surface area contributed by atoms with Crippen molar-refractivity contribution in [1.82, 2.24) is 14.5 Å². The van der Waals surface area contributed by atoms with E-state index in [0.717, 1.165) is 45.4 Å². The highest BCUT2D eigenvalue weighted by atomic mass is 35.5. The summed E-state index contributed by atoms with van der Waals surface area (Å²) in [5.41, 5.74) is 1.89. The number of aromatic nitrogens is 3. The third kappa shape index (κ3) is 6.50. The van der Waals surface area contributed by atoms with Crippen LogP contribution in [0.25, 0.3) is 10.2 Å². The molecule has 0 spiro atoms. The van der Waals surface area contributed by atoms with Crippen LogP contribution in [0.5, 0.6) is 5.75 Å². The molecule has 0 unspecified atom stereocenters. The Kier molecular flexibility index (Phi) is 9.17. The predicted molar refractivity (Wildman–Crippen MR) is 139 cm³/mol. The van der Waals surface area contributed by atoms with Gasteiger partial charge in [-0.1, -0.05) is 30.4 Å². The minimum absolute atomic E-state index is 0. The van der Waals surface area contributed by atoms with Gasteiger partial charge in [0, 0.05) is 30.4 Å². The summed E-state index contributed by atoms with van der Waals surface area (Å²) in [6.45, 7) is 3.53. The summed E-state index contributed by atoms with van der Waals surface area (Å²) in [6, 6.07) is 14.1. The average molecular weight is 503 g/mol. The number of halogens is 1. The molecule has 6 nitrogen and oxygen atoms in total. The maximum absolute atomic E-state index is 13.4. The number of carbonyl (C=O) groups is 1. The molecule has 0 bridgehead atoms. The lowest BCUT2D eigenvalue weighted by Crippen LogP contribution is -2.33. The molecule has 2 heterocycles. The molecule has 0 fully saturated rings. The van der Waals surface area contributed by atoms with Crippen LogP contribution < -0.4 is 9.64 Å². The molecule has 4 aromatic rings. The van der Waals surface area contributed by atoms with E-state index in [0.29, 0.717) is 13.0 Å². The number of imidazole rings is 1. The minimum atomic E-state index is 0. The fourth-order valence-electron chi connectivity index (χ4n) is 3.43. The molecule has 0 saturated carbocycles. The Hall–Kier alpha value is -2.55. The number of thioether (sulfide) groups is 1. The van der Waals surface area contributed by atoms with Crippen LogP contribution in [0, 0.1) is 0 Å². The molecule has 0 N–H and O–H groups in total. The maximum Gasteiger partial charge on any atom is 0.233 e. The zero-order valence-electron chi connectivity index (χ0n) is 18.6. The van der Waals surface area contributed by atoms with Gasteiger partial charge in [-0.3, -0.25) is 9.69 Å². The molecule has 1 amide bonds. The Morgan fingerprint density at radius 3 is 2.73 bits per heavy atom. The van der Waals surface area contributed by atoms with E-state index in [-0.39, 0.29) is 18.3 Å². The molecule has 0 radical (unpaired) electrons. The predicted octanol–water partition coefficient (Wildman–Crippen LogP) is 5.70. The molecule has 2 aromatic carbocycles. The summed E-state index contributed by atoms with van der Waals surface area (Å²) >= 11 is 3.32. The van der Waals surface area contributed by atoms with Gasteiger partial charge < -0.3 is 9.30 Å². The number of nitrogens with zero attached hydrogens (tertiary/aromatic N) is 4. The lowest BCUT2D eigenvalue weighted by Gasteiger charge is -2.20. The molecule has 0 saturated heterocycles. The van der Waals surface area contributed by atoms with Crippen LogP contribution in [-0.2, 0) is 17.8 Å². The van der Waals surface area contributed by atoms with Gasteiger partial charge in [-0.15, -0.1) is 24.2 Å². The van der Waals surface area contributed by atoms with Crippen LogP contribution in [0.3, 0.4) is 0 Å². The van der Waals surface area contributed by atoms with E-state index in [1.807, 2.05) is 46.0 Å². The van der Waals surface area contributed by atoms with Gasteiger partial charge in [0.2, 0.25) is 5.91 Å². The first-order chi connectivity index (χ1) is 15.7. The van der Waals surface area contributed by atoms with Crippen molar-refractivity contribution in [2.24, 2.45) is 0 Å². The second-order valence-corrected chi connectivity index (χ2v) is 9.63. The van der Waals surface area contributed by atoms with Gasteiger partial charge in [-0.05, 0) is 48.1 Å². The number of benzene rings is 2. The molecule has 9 heteroatoms. The van der Waals surface area contributed by atoms with Crippen molar-refractivity contribution >= 4 is 56.8 Å². The minimum Gasteiger partial charge on any atom is -0.497 e. The number of hydrogen-bond donors (Lipinski definition) is 0. The number of hydrogen-bond acceptors (Lipinski definition) is 6. The van der Waals surface area contributed by atoms with Gasteiger partial charge in [0.1, 0.15) is 5.75 Å². The van der Waals surface area contributed by atoms with Crippen molar-refractivity contribution in [3.05, 3.63) is 66.7 Å². The Bertz CT molecular complexity index is 1160. The summed E-state index contributed by atoms with van der Waals surface area (Å²) in [7, 11) is 1.65. The van der Waals surface area contributed by atoms with E-state index in [1.165, 1.54) is 16.2 Å². The Morgan fingerprint density at radius 2 is 2.03 bits per heavy atom. The fraction of sp³-hybridized carbons (Fsp3) is 0.292. The monoisotopic (exact) mass is 502 g/mol. The highest BCUT2D eigenvalue weighted by Crippen LogP contribution is 2.32. The number of anilines is 1. The third-order valence-corrected chi connectivity index (χ3v) is 7.00. The van der Waals surface area contributed by atoms with Crippen molar-refractivity contribution in [2.75, 3.05) is 24.3 Å². The van der Waals surface area contributed by atoms with Crippen LogP contribution in [0.2, 0.25) is 0 Å². The van der Waals surface area contributed by atoms with E-state index in [2.05, 4.69) is 24.0 Å². The van der Waals surface area contributed by atoms with Crippen LogP contribution in [0.1, 0.15) is 18.9 Å². The molecule has 33 heavy (non-hydrogen) atoms. The van der Waals surface area contributed by atoms with E-state index in [9.17, 15) is 4.79 Å². The summed E-state index contributed by atoms with van der Waals surface area (Å²) in [5, 5.41) is 0.724. The molecule has 0 aliphatic rings. The van der Waals surface area contributed by atoms with Crippen LogP contribution >= 0.6 is 35.5 Å². The number of thiazole rings is 1. The smallest absolute Gasteiger partial charge is 0.233 e.